The van der Waals surface area contributed by atoms with E-state index in [1.807, 2.05) is 29.8 Å². The Morgan fingerprint density at radius 2 is 2.33 bits per heavy atom. The number of nitrogens with zero attached hydrogens (tertiary/aromatic N) is 1. The molecular formula is C11H11NOS2. The lowest BCUT2D eigenvalue weighted by Crippen LogP contribution is -1.86. The van der Waals surface area contributed by atoms with Crippen molar-refractivity contribution in [3.63, 3.8) is 0 Å². The Hall–Kier alpha value is -0.840. The summed E-state index contributed by atoms with van der Waals surface area (Å²) in [6.45, 7) is 2.15. The van der Waals surface area contributed by atoms with Gasteiger partial charge in [-0.3, -0.25) is 0 Å². The lowest BCUT2D eigenvalue weighted by atomic mass is 10.1. The zero-order valence-corrected chi connectivity index (χ0v) is 9.94. The average Bonchev–Trinajstić information content (AvgIpc) is 2.74. The predicted molar refractivity (Wildman–Crippen MR) is 63.3 cm³/mol. The van der Waals surface area contributed by atoms with Crippen molar-refractivity contribution in [2.75, 3.05) is 0 Å². The normalized spacial score (nSPS) is 10.5. The van der Waals surface area contributed by atoms with Crippen LogP contribution in [-0.4, -0.2) is 10.1 Å². The van der Waals surface area contributed by atoms with Crippen LogP contribution in [0.25, 0.3) is 0 Å². The number of aromatic nitrogens is 1. The molecule has 0 saturated heterocycles. The van der Waals surface area contributed by atoms with Crippen LogP contribution in [0.1, 0.15) is 11.1 Å². The van der Waals surface area contributed by atoms with E-state index in [0.29, 0.717) is 0 Å². The van der Waals surface area contributed by atoms with Crippen molar-refractivity contribution in [3.8, 4) is 0 Å². The molecule has 2 rings (SSSR count). The molecule has 1 aromatic heterocycles. The molecular weight excluding hydrogens is 226 g/mol. The minimum absolute atomic E-state index is 0.100. The van der Waals surface area contributed by atoms with E-state index in [1.54, 1.807) is 23.1 Å². The second-order valence-electron chi connectivity index (χ2n) is 3.16. The van der Waals surface area contributed by atoms with Crippen LogP contribution in [0.5, 0.6) is 0 Å². The number of aryl methyl sites for hydroxylation is 1. The minimum Gasteiger partial charge on any atom is -0.392 e. The fourth-order valence-electron chi connectivity index (χ4n) is 1.28. The molecule has 4 heteroatoms. The lowest BCUT2D eigenvalue weighted by Gasteiger charge is -2.04. The van der Waals surface area contributed by atoms with Crippen LogP contribution in [0, 0.1) is 6.92 Å². The van der Waals surface area contributed by atoms with E-state index in [2.05, 4.69) is 11.9 Å². The van der Waals surface area contributed by atoms with E-state index < -0.39 is 0 Å². The molecule has 0 aliphatic carbocycles. The summed E-state index contributed by atoms with van der Waals surface area (Å²) in [5.41, 5.74) is 2.14. The molecule has 0 spiro atoms. The van der Waals surface area contributed by atoms with Crippen LogP contribution in [0.4, 0.5) is 0 Å². The molecule has 0 radical (unpaired) electrons. The van der Waals surface area contributed by atoms with Crippen LogP contribution in [0.15, 0.2) is 39.0 Å². The summed E-state index contributed by atoms with van der Waals surface area (Å²) in [5, 5.41) is 11.0. The SMILES string of the molecule is Cc1cc(CO)ccc1Sc1nccs1. The molecule has 0 aliphatic rings. The van der Waals surface area contributed by atoms with Gasteiger partial charge in [-0.2, -0.15) is 0 Å². The number of aliphatic hydroxyl groups excluding tert-OH is 1. The maximum absolute atomic E-state index is 8.99. The quantitative estimate of drug-likeness (QED) is 0.890. The molecule has 0 aliphatic heterocycles. The van der Waals surface area contributed by atoms with Crippen molar-refractivity contribution in [2.45, 2.75) is 22.8 Å². The minimum atomic E-state index is 0.100. The smallest absolute Gasteiger partial charge is 0.154 e. The average molecular weight is 237 g/mol. The molecule has 1 N–H and O–H groups in total. The van der Waals surface area contributed by atoms with Gasteiger partial charge in [-0.05, 0) is 24.1 Å². The maximum atomic E-state index is 8.99. The molecule has 0 atom stereocenters. The summed E-state index contributed by atoms with van der Waals surface area (Å²) in [6.07, 6.45) is 1.81. The Kier molecular flexibility index (Phi) is 3.41. The fourth-order valence-corrected chi connectivity index (χ4v) is 2.93. The van der Waals surface area contributed by atoms with E-state index in [1.165, 1.54) is 10.5 Å². The van der Waals surface area contributed by atoms with Gasteiger partial charge in [-0.1, -0.05) is 23.9 Å². The first-order valence-electron chi connectivity index (χ1n) is 4.57. The second-order valence-corrected chi connectivity index (χ2v) is 5.34. The van der Waals surface area contributed by atoms with Gasteiger partial charge in [0.1, 0.15) is 0 Å². The predicted octanol–water partition coefficient (Wildman–Crippen LogP) is 3.10. The van der Waals surface area contributed by atoms with Crippen LogP contribution in [0.3, 0.4) is 0 Å². The number of hydrogen-bond acceptors (Lipinski definition) is 4. The summed E-state index contributed by atoms with van der Waals surface area (Å²) >= 11 is 3.30. The van der Waals surface area contributed by atoms with E-state index in [9.17, 15) is 0 Å². The summed E-state index contributed by atoms with van der Waals surface area (Å²) in [6, 6.07) is 5.99. The van der Waals surface area contributed by atoms with Crippen molar-refractivity contribution in [3.05, 3.63) is 40.9 Å². The number of thiazole rings is 1. The van der Waals surface area contributed by atoms with Gasteiger partial charge in [-0.15, -0.1) is 11.3 Å². The van der Waals surface area contributed by atoms with E-state index in [0.717, 1.165) is 9.90 Å². The summed E-state index contributed by atoms with van der Waals surface area (Å²) in [7, 11) is 0. The van der Waals surface area contributed by atoms with Crippen molar-refractivity contribution < 1.29 is 5.11 Å². The van der Waals surface area contributed by atoms with Crippen LogP contribution >= 0.6 is 23.1 Å². The Labute approximate surface area is 97.0 Å². The molecule has 78 valence electrons. The Bertz CT molecular complexity index is 440. The van der Waals surface area contributed by atoms with Crippen molar-refractivity contribution >= 4 is 23.1 Å². The monoisotopic (exact) mass is 237 g/mol. The van der Waals surface area contributed by atoms with Gasteiger partial charge >= 0.3 is 0 Å². The third-order valence-electron chi connectivity index (χ3n) is 2.03. The van der Waals surface area contributed by atoms with Crippen LogP contribution < -0.4 is 0 Å². The fraction of sp³-hybridized carbons (Fsp3) is 0.182. The van der Waals surface area contributed by atoms with Gasteiger partial charge in [0.15, 0.2) is 4.34 Å². The van der Waals surface area contributed by atoms with Crippen LogP contribution in [-0.2, 0) is 6.61 Å². The van der Waals surface area contributed by atoms with Gasteiger partial charge in [0, 0.05) is 16.5 Å². The van der Waals surface area contributed by atoms with E-state index in [4.69, 9.17) is 5.11 Å². The van der Waals surface area contributed by atoms with Gasteiger partial charge in [0.25, 0.3) is 0 Å². The number of benzene rings is 1. The largest absolute Gasteiger partial charge is 0.392 e. The van der Waals surface area contributed by atoms with Crippen LogP contribution in [0.2, 0.25) is 0 Å². The highest BCUT2D eigenvalue weighted by Crippen LogP contribution is 2.31. The highest BCUT2D eigenvalue weighted by atomic mass is 32.2. The zero-order valence-electron chi connectivity index (χ0n) is 8.30. The zero-order chi connectivity index (χ0) is 10.7. The Balaban J connectivity index is 2.22. The van der Waals surface area contributed by atoms with Crippen molar-refractivity contribution in [1.82, 2.24) is 4.98 Å². The van der Waals surface area contributed by atoms with E-state index >= 15 is 0 Å². The van der Waals surface area contributed by atoms with Gasteiger partial charge < -0.3 is 5.11 Å². The van der Waals surface area contributed by atoms with Gasteiger partial charge in [-0.25, -0.2) is 4.98 Å². The summed E-state index contributed by atoms with van der Waals surface area (Å²) < 4.78 is 1.05. The lowest BCUT2D eigenvalue weighted by molar-refractivity contribution is 0.281. The molecule has 0 amide bonds. The van der Waals surface area contributed by atoms with E-state index in [-0.39, 0.29) is 6.61 Å². The third kappa shape index (κ3) is 2.59. The maximum Gasteiger partial charge on any atom is 0.154 e. The molecule has 0 bridgehead atoms. The first-order chi connectivity index (χ1) is 7.29. The Morgan fingerprint density at radius 3 is 2.93 bits per heavy atom. The number of rotatable bonds is 3. The molecule has 0 unspecified atom stereocenters. The molecule has 2 nitrogen and oxygen atoms in total. The number of aliphatic hydroxyl groups is 1. The molecule has 0 saturated carbocycles. The first-order valence-corrected chi connectivity index (χ1v) is 6.27. The summed E-state index contributed by atoms with van der Waals surface area (Å²) in [5.74, 6) is 0. The molecule has 1 aromatic carbocycles. The number of hydrogen-bond donors (Lipinski definition) is 1. The third-order valence-corrected chi connectivity index (χ3v) is 4.09. The van der Waals surface area contributed by atoms with Gasteiger partial charge in [0.05, 0.1) is 6.61 Å². The highest BCUT2D eigenvalue weighted by molar-refractivity contribution is 8.01. The second kappa shape index (κ2) is 4.79. The molecule has 1 heterocycles. The molecule has 2 aromatic rings. The topological polar surface area (TPSA) is 33.1 Å². The molecule has 0 fully saturated rings. The highest BCUT2D eigenvalue weighted by Gasteiger charge is 2.03. The first kappa shape index (κ1) is 10.7. The van der Waals surface area contributed by atoms with Gasteiger partial charge in [0.2, 0.25) is 0 Å². The standard InChI is InChI=1S/C11H11NOS2/c1-8-6-9(7-13)2-3-10(8)15-11-12-4-5-14-11/h2-6,13H,7H2,1H3. The van der Waals surface area contributed by atoms with Crippen molar-refractivity contribution in [1.29, 1.82) is 0 Å². The molecule has 15 heavy (non-hydrogen) atoms. The van der Waals surface area contributed by atoms with Crippen molar-refractivity contribution in [2.24, 2.45) is 0 Å². The Morgan fingerprint density at radius 1 is 1.47 bits per heavy atom. The summed E-state index contributed by atoms with van der Waals surface area (Å²) in [4.78, 5) is 5.42.